The fraction of sp³-hybridized carbons (Fsp3) is 0.467. The van der Waals surface area contributed by atoms with E-state index in [1.807, 2.05) is 0 Å². The number of rotatable bonds is 12. The summed E-state index contributed by atoms with van der Waals surface area (Å²) in [5, 5.41) is 0. The Morgan fingerprint density at radius 1 is 0.571 bits per heavy atom. The van der Waals surface area contributed by atoms with Gasteiger partial charge in [-0.15, -0.1) is 0 Å². The summed E-state index contributed by atoms with van der Waals surface area (Å²) in [5.41, 5.74) is 0.462. The Bertz CT molecular complexity index is 857. The molecule has 0 atom stereocenters. The molecule has 5 heteroatoms. The van der Waals surface area contributed by atoms with Gasteiger partial charge in [-0.05, 0) is 0 Å². The van der Waals surface area contributed by atoms with Gasteiger partial charge in [0.25, 0.3) is 0 Å². The molecule has 0 aliphatic carbocycles. The molecule has 0 spiro atoms. The van der Waals surface area contributed by atoms with Crippen LogP contribution in [0, 0.1) is 0 Å². The van der Waals surface area contributed by atoms with Crippen molar-refractivity contribution in [3.05, 3.63) is 83.9 Å². The number of hydrogen-bond acceptors (Lipinski definition) is 0. The molecular formula is C30H48Cl2P2Pd. The topological polar surface area (TPSA) is 0 Å². The van der Waals surface area contributed by atoms with Crippen LogP contribution in [0.15, 0.2) is 72.8 Å². The minimum absolute atomic E-state index is 0.539. The second-order valence-corrected chi connectivity index (χ2v) is 47.3. The number of halogens is 2. The van der Waals surface area contributed by atoms with Gasteiger partial charge in [-0.3, -0.25) is 0 Å². The van der Waals surface area contributed by atoms with E-state index in [0.29, 0.717) is 22.6 Å². The SMILES string of the molecule is CC(C)[PH](C/C=C/c1ccccc1)(C(C)C)[Pd]([Cl])([Cl])[PH](C/C=C/c1ccccc1)(C(C)C)C(C)C. The predicted octanol–water partition coefficient (Wildman–Crippen LogP) is 10.8. The molecule has 0 aliphatic rings. The van der Waals surface area contributed by atoms with Crippen LogP contribution < -0.4 is 0 Å². The zero-order chi connectivity index (χ0) is 26.3. The summed E-state index contributed by atoms with van der Waals surface area (Å²) in [6.07, 6.45) is 11.5. The third-order valence-electron chi connectivity index (χ3n) is 7.49. The molecule has 35 heavy (non-hydrogen) atoms. The summed E-state index contributed by atoms with van der Waals surface area (Å²) in [6.45, 7) is 19.3. The molecule has 0 nitrogen and oxygen atoms in total. The van der Waals surface area contributed by atoms with E-state index in [9.17, 15) is 0 Å². The summed E-state index contributed by atoms with van der Waals surface area (Å²) in [7, 11) is 16.2. The maximum absolute atomic E-state index is 8.10. The monoisotopic (exact) mass is 646 g/mol. The van der Waals surface area contributed by atoms with Crippen LogP contribution in [0.4, 0.5) is 0 Å². The Labute approximate surface area is 227 Å². The summed E-state index contributed by atoms with van der Waals surface area (Å²) in [4.78, 5) is 0. The van der Waals surface area contributed by atoms with Crippen molar-refractivity contribution < 1.29 is 12.5 Å². The molecule has 0 saturated heterocycles. The van der Waals surface area contributed by atoms with Crippen molar-refractivity contribution in [1.29, 1.82) is 0 Å². The van der Waals surface area contributed by atoms with Crippen molar-refractivity contribution in [2.45, 2.75) is 78.0 Å². The molecule has 0 N–H and O–H groups in total. The summed E-state index contributed by atoms with van der Waals surface area (Å²) in [6, 6.07) is 21.3. The predicted molar refractivity (Wildman–Crippen MR) is 170 cm³/mol. The second-order valence-electron chi connectivity index (χ2n) is 10.8. The number of benzene rings is 2. The standard InChI is InChI=1S/2C15H23P.2ClH.Pd/c2*1-13(2)16(14(3)4)12-8-11-15-9-6-5-7-10-15;;;/h2*5-11,13-14H,12H2,1-4H3;2*1H;/b2*11-8+;;;. The molecule has 0 aliphatic heterocycles. The average molecular weight is 648 g/mol. The van der Waals surface area contributed by atoms with Gasteiger partial charge in [-0.2, -0.15) is 0 Å². The molecule has 0 heterocycles. The van der Waals surface area contributed by atoms with Crippen LogP contribution in [0.25, 0.3) is 12.2 Å². The van der Waals surface area contributed by atoms with Gasteiger partial charge in [0.1, 0.15) is 0 Å². The van der Waals surface area contributed by atoms with E-state index in [4.69, 9.17) is 19.1 Å². The van der Waals surface area contributed by atoms with Crippen LogP contribution in [0.3, 0.4) is 0 Å². The van der Waals surface area contributed by atoms with Gasteiger partial charge in [0.15, 0.2) is 0 Å². The third-order valence-corrected chi connectivity index (χ3v) is 67.9. The molecule has 2 rings (SSSR count). The molecule has 0 fully saturated rings. The van der Waals surface area contributed by atoms with Crippen LogP contribution >= 0.6 is 30.0 Å². The molecule has 202 valence electrons. The van der Waals surface area contributed by atoms with E-state index in [0.717, 1.165) is 12.3 Å². The van der Waals surface area contributed by atoms with Gasteiger partial charge in [0, 0.05) is 0 Å². The van der Waals surface area contributed by atoms with Crippen LogP contribution in [-0.2, 0) is 12.5 Å². The molecule has 0 radical (unpaired) electrons. The van der Waals surface area contributed by atoms with Crippen molar-refractivity contribution in [3.8, 4) is 0 Å². The molecule has 0 saturated carbocycles. The van der Waals surface area contributed by atoms with E-state index in [-0.39, 0.29) is 0 Å². The van der Waals surface area contributed by atoms with Gasteiger partial charge < -0.3 is 0 Å². The second kappa shape index (κ2) is 13.7. The molecule has 2 aromatic carbocycles. The third kappa shape index (κ3) is 6.73. The van der Waals surface area contributed by atoms with Gasteiger partial charge in [-0.1, -0.05) is 0 Å². The van der Waals surface area contributed by atoms with Gasteiger partial charge in [0.2, 0.25) is 0 Å². The van der Waals surface area contributed by atoms with Gasteiger partial charge in [-0.25, -0.2) is 0 Å². The van der Waals surface area contributed by atoms with Crippen LogP contribution in [-0.4, -0.2) is 35.0 Å². The van der Waals surface area contributed by atoms with Crippen LogP contribution in [0.1, 0.15) is 66.5 Å². The zero-order valence-corrected chi connectivity index (χ0v) is 27.9. The van der Waals surface area contributed by atoms with E-state index < -0.39 is 23.4 Å². The first-order valence-corrected chi connectivity index (χ1v) is 25.9. The molecule has 2 aromatic rings. The van der Waals surface area contributed by atoms with E-state index >= 15 is 0 Å². The van der Waals surface area contributed by atoms with Gasteiger partial charge >= 0.3 is 229 Å². The molecule has 0 unspecified atom stereocenters. The Kier molecular flexibility index (Phi) is 12.2. The number of hydrogen-bond donors (Lipinski definition) is 0. The van der Waals surface area contributed by atoms with Crippen LogP contribution in [0.2, 0.25) is 0 Å². The fourth-order valence-corrected chi connectivity index (χ4v) is 82.8. The Balaban J connectivity index is 2.59. The summed E-state index contributed by atoms with van der Waals surface area (Å²) in [5.74, 6) is 0. The molecule has 0 aromatic heterocycles. The first kappa shape index (κ1) is 31.2. The normalized spacial score (nSPS) is 15.3. The van der Waals surface area contributed by atoms with Crippen molar-refractivity contribution >= 4 is 42.1 Å². The van der Waals surface area contributed by atoms with E-state index in [1.165, 1.54) is 11.1 Å². The van der Waals surface area contributed by atoms with Crippen molar-refractivity contribution in [2.24, 2.45) is 0 Å². The fourth-order valence-electron chi connectivity index (χ4n) is 5.49. The summed E-state index contributed by atoms with van der Waals surface area (Å²) < 4.78 is 0. The van der Waals surface area contributed by atoms with E-state index in [1.54, 1.807) is 0 Å². The first-order chi connectivity index (χ1) is 16.4. The molecule has 0 amide bonds. The molecule has 0 bridgehead atoms. The quantitative estimate of drug-likeness (QED) is 0.159. The first-order valence-electron chi connectivity index (χ1n) is 12.9. The number of allylic oxidation sites excluding steroid dienone is 2. The van der Waals surface area contributed by atoms with Crippen molar-refractivity contribution in [3.63, 3.8) is 0 Å². The average Bonchev–Trinajstić information content (AvgIpc) is 2.79. The zero-order valence-electron chi connectivity index (χ0n) is 22.9. The van der Waals surface area contributed by atoms with E-state index in [2.05, 4.69) is 140 Å². The maximum atomic E-state index is 8.10. The van der Waals surface area contributed by atoms with Gasteiger partial charge in [0.05, 0.1) is 0 Å². The van der Waals surface area contributed by atoms with Crippen molar-refractivity contribution in [1.82, 2.24) is 0 Å². The van der Waals surface area contributed by atoms with Crippen molar-refractivity contribution in [2.75, 3.05) is 12.3 Å². The molecular weight excluding hydrogens is 600 g/mol. The van der Waals surface area contributed by atoms with Crippen LogP contribution in [0.5, 0.6) is 0 Å². The Morgan fingerprint density at radius 2 is 0.857 bits per heavy atom. The Morgan fingerprint density at radius 3 is 1.11 bits per heavy atom. The minimum atomic E-state index is -2.83. The Hall–Kier alpha value is 0.0223. The summed E-state index contributed by atoms with van der Waals surface area (Å²) >= 11 is -2.83.